The summed E-state index contributed by atoms with van der Waals surface area (Å²) in [6, 6.07) is 0. The number of rotatable bonds is 20. The summed E-state index contributed by atoms with van der Waals surface area (Å²) in [5.41, 5.74) is 3.56. The zero-order valence-corrected chi connectivity index (χ0v) is 30.9. The number of allylic oxidation sites excluding steroid dienone is 6. The smallest absolute Gasteiger partial charge is 0.252 e. The van der Waals surface area contributed by atoms with E-state index < -0.39 is 0 Å². The van der Waals surface area contributed by atoms with Crippen LogP contribution in [0.25, 0.3) is 0 Å². The Labute approximate surface area is 272 Å². The Hall–Kier alpha value is -3.02. The van der Waals surface area contributed by atoms with Gasteiger partial charge in [-0.25, -0.2) is 0 Å². The maximum Gasteiger partial charge on any atom is 0.252 e. The van der Waals surface area contributed by atoms with Gasteiger partial charge in [0.05, 0.1) is 25.0 Å². The molecule has 0 rings (SSSR count). The molecule has 0 saturated heterocycles. The molecule has 2 N–H and O–H groups in total. The van der Waals surface area contributed by atoms with Crippen LogP contribution in [0.4, 0.5) is 0 Å². The number of carbonyl (C=O) groups is 2. The van der Waals surface area contributed by atoms with Gasteiger partial charge in [0.1, 0.15) is 11.5 Å². The van der Waals surface area contributed by atoms with Crippen LogP contribution >= 0.6 is 0 Å². The second-order valence-electron chi connectivity index (χ2n) is 11.5. The molecule has 0 aromatic rings. The van der Waals surface area contributed by atoms with Crippen LogP contribution in [-0.2, 0) is 19.1 Å². The molecular formula is C38H68N2O4. The molecule has 0 fully saturated rings. The lowest BCUT2D eigenvalue weighted by molar-refractivity contribution is -0.127. The highest BCUT2D eigenvalue weighted by Crippen LogP contribution is 2.27. The molecule has 254 valence electrons. The number of unbranched alkanes of at least 4 members (excludes halogenated alkanes) is 4. The van der Waals surface area contributed by atoms with E-state index in [1.807, 2.05) is 53.7 Å². The van der Waals surface area contributed by atoms with Gasteiger partial charge in [0, 0.05) is 24.6 Å². The van der Waals surface area contributed by atoms with Crippen LogP contribution in [0.5, 0.6) is 0 Å². The number of ether oxygens (including phenoxy) is 2. The molecule has 0 aromatic heterocycles. The number of Topliss-reactive ketones (excluding diaryl/α,β-unsaturated/α-hetero) is 1. The monoisotopic (exact) mass is 617 g/mol. The van der Waals surface area contributed by atoms with E-state index in [4.69, 9.17) is 9.47 Å². The second kappa shape index (κ2) is 27.5. The first-order valence-electron chi connectivity index (χ1n) is 16.5. The van der Waals surface area contributed by atoms with Crippen LogP contribution in [0, 0.1) is 5.41 Å². The number of ketones is 1. The number of likely N-dealkylation sites (N-methyl/N-ethyl adjacent to an activating group) is 1. The van der Waals surface area contributed by atoms with Gasteiger partial charge in [-0.15, -0.1) is 0 Å². The predicted octanol–water partition coefficient (Wildman–Crippen LogP) is 10.3. The first-order valence-corrected chi connectivity index (χ1v) is 16.5. The van der Waals surface area contributed by atoms with Crippen molar-refractivity contribution in [1.29, 1.82) is 0 Å². The number of hydrogen-bond donors (Lipinski definition) is 2. The fourth-order valence-corrected chi connectivity index (χ4v) is 3.84. The van der Waals surface area contributed by atoms with Crippen molar-refractivity contribution in [3.63, 3.8) is 0 Å². The van der Waals surface area contributed by atoms with Gasteiger partial charge < -0.3 is 20.1 Å². The van der Waals surface area contributed by atoms with E-state index in [1.54, 1.807) is 14.2 Å². The summed E-state index contributed by atoms with van der Waals surface area (Å²) in [5.74, 6) is 1.42. The van der Waals surface area contributed by atoms with Gasteiger partial charge in [-0.2, -0.15) is 0 Å². The van der Waals surface area contributed by atoms with Crippen molar-refractivity contribution in [3.8, 4) is 0 Å². The third kappa shape index (κ3) is 20.8. The quantitative estimate of drug-likeness (QED) is 0.0616. The van der Waals surface area contributed by atoms with Crippen molar-refractivity contribution in [1.82, 2.24) is 10.6 Å². The van der Waals surface area contributed by atoms with Gasteiger partial charge in [-0.3, -0.25) is 9.59 Å². The van der Waals surface area contributed by atoms with E-state index in [-0.39, 0.29) is 16.9 Å². The summed E-state index contributed by atoms with van der Waals surface area (Å²) in [6.07, 6.45) is 15.6. The van der Waals surface area contributed by atoms with E-state index in [1.165, 1.54) is 24.8 Å². The van der Waals surface area contributed by atoms with Crippen molar-refractivity contribution in [2.24, 2.45) is 5.41 Å². The van der Waals surface area contributed by atoms with Crippen LogP contribution in [0.3, 0.4) is 0 Å². The number of amides is 1. The highest BCUT2D eigenvalue weighted by molar-refractivity contribution is 5.96. The van der Waals surface area contributed by atoms with Crippen LogP contribution in [0.15, 0.2) is 71.0 Å². The number of methoxy groups -OCH3 is 1. The summed E-state index contributed by atoms with van der Waals surface area (Å²) in [5, 5.41) is 5.69. The minimum atomic E-state index is -0.279. The second-order valence-corrected chi connectivity index (χ2v) is 11.5. The molecule has 0 aliphatic carbocycles. The lowest BCUT2D eigenvalue weighted by atomic mass is 9.80. The Morgan fingerprint density at radius 1 is 0.909 bits per heavy atom. The highest BCUT2D eigenvalue weighted by atomic mass is 16.5. The van der Waals surface area contributed by atoms with Gasteiger partial charge in [0.15, 0.2) is 5.76 Å². The zero-order chi connectivity index (χ0) is 34.7. The normalized spacial score (nSPS) is 11.6. The van der Waals surface area contributed by atoms with E-state index in [9.17, 15) is 9.59 Å². The number of hydrogen-bond acceptors (Lipinski definition) is 5. The molecule has 0 aliphatic rings. The molecule has 0 saturated carbocycles. The summed E-state index contributed by atoms with van der Waals surface area (Å²) in [4.78, 5) is 23.9. The maximum atomic E-state index is 12.2. The Morgan fingerprint density at radius 2 is 1.48 bits per heavy atom. The maximum absolute atomic E-state index is 12.2. The molecular weight excluding hydrogens is 548 g/mol. The molecule has 0 aromatic carbocycles. The van der Waals surface area contributed by atoms with Crippen LogP contribution in [0.2, 0.25) is 0 Å². The van der Waals surface area contributed by atoms with Crippen LogP contribution in [-0.4, -0.2) is 32.5 Å². The van der Waals surface area contributed by atoms with Crippen molar-refractivity contribution in [2.75, 3.05) is 20.8 Å². The summed E-state index contributed by atoms with van der Waals surface area (Å²) >= 11 is 0. The predicted molar refractivity (Wildman–Crippen MR) is 191 cm³/mol. The molecule has 0 unspecified atom stereocenters. The van der Waals surface area contributed by atoms with Gasteiger partial charge >= 0.3 is 0 Å². The van der Waals surface area contributed by atoms with Crippen molar-refractivity contribution in [2.45, 2.75) is 134 Å². The standard InChI is InChI=1S/C19H32N2O3.C17H30O.C2H6/c1-9-10-11-12-24-18(16(6)23-8)17(13(2)3)21-15(5)14(4)19(22)20-7;1-6-8-10-14-17(4,5)16(18)13-12-15(3)11-9-7-2;1-2/h21H,4-5,9-12H2,1-3,6-8H3,(H,20,22);7,9,11H,6,8,10,12-14H2,1-5H3;1-2H3/b18-16-;9-7-,15-11+;. The molecule has 0 bridgehead atoms. The highest BCUT2D eigenvalue weighted by Gasteiger charge is 2.26. The Morgan fingerprint density at radius 3 is 1.95 bits per heavy atom. The molecule has 44 heavy (non-hydrogen) atoms. The largest absolute Gasteiger partial charge is 0.497 e. The molecule has 0 aliphatic heterocycles. The third-order valence-corrected chi connectivity index (χ3v) is 6.97. The fraction of sp³-hybridized carbons (Fsp3) is 0.632. The molecule has 1 amide bonds. The fourth-order valence-electron chi connectivity index (χ4n) is 3.84. The topological polar surface area (TPSA) is 76.7 Å². The lowest BCUT2D eigenvalue weighted by Crippen LogP contribution is -2.26. The Bertz CT molecular complexity index is 977. The van der Waals surface area contributed by atoms with Crippen LogP contribution < -0.4 is 10.6 Å². The molecule has 0 atom stereocenters. The number of carbonyl (C=O) groups excluding carboxylic acids is 2. The summed E-state index contributed by atoms with van der Waals surface area (Å²) < 4.78 is 11.3. The minimum absolute atomic E-state index is 0.143. The minimum Gasteiger partial charge on any atom is -0.497 e. The van der Waals surface area contributed by atoms with Crippen molar-refractivity contribution in [3.05, 3.63) is 71.0 Å². The zero-order valence-electron chi connectivity index (χ0n) is 30.9. The average molecular weight is 617 g/mol. The molecule has 6 heteroatoms. The molecule has 0 spiro atoms. The van der Waals surface area contributed by atoms with E-state index in [2.05, 4.69) is 64.5 Å². The van der Waals surface area contributed by atoms with Gasteiger partial charge in [-0.05, 0) is 59.5 Å². The van der Waals surface area contributed by atoms with Crippen molar-refractivity contribution < 1.29 is 19.1 Å². The van der Waals surface area contributed by atoms with E-state index in [0.29, 0.717) is 36.0 Å². The van der Waals surface area contributed by atoms with E-state index >= 15 is 0 Å². The molecule has 0 heterocycles. The Kier molecular flexibility index (Phi) is 28.4. The summed E-state index contributed by atoms with van der Waals surface area (Å²) in [6.45, 7) is 30.7. The van der Waals surface area contributed by atoms with Gasteiger partial charge in [0.25, 0.3) is 5.91 Å². The molecule has 0 radical (unpaired) electrons. The lowest BCUT2D eigenvalue weighted by Gasteiger charge is -2.23. The van der Waals surface area contributed by atoms with Crippen molar-refractivity contribution >= 4 is 11.7 Å². The first-order chi connectivity index (χ1) is 20.7. The Balaban J connectivity index is -0.000000749. The third-order valence-electron chi connectivity index (χ3n) is 6.97. The number of nitrogens with one attached hydrogen (secondary N) is 2. The van der Waals surface area contributed by atoms with Gasteiger partial charge in [0.2, 0.25) is 0 Å². The first kappa shape index (κ1) is 45.4. The average Bonchev–Trinajstić information content (AvgIpc) is 3.01. The van der Waals surface area contributed by atoms with E-state index in [0.717, 1.165) is 43.4 Å². The summed E-state index contributed by atoms with van der Waals surface area (Å²) in [7, 11) is 3.16. The van der Waals surface area contributed by atoms with Crippen LogP contribution in [0.1, 0.15) is 134 Å². The SMILES string of the molecule is C/C=C\C=C(/C)CCC(=O)C(C)(C)CCCCC.C=C(NC(=C(C)C)/C(OCCCCC)=C(\C)OC)C(=C)C(=O)NC.CC. The molecule has 6 nitrogen and oxygen atoms in total. The van der Waals surface area contributed by atoms with Gasteiger partial charge in [-0.1, -0.05) is 111 Å².